The Morgan fingerprint density at radius 2 is 0.469 bits per heavy atom. The lowest BCUT2D eigenvalue weighted by Crippen LogP contribution is -2.30. The fourth-order valence-corrected chi connectivity index (χ4v) is 10.6. The lowest BCUT2D eigenvalue weighted by Gasteiger charge is -2.18. The Hall–Kier alpha value is -2.89. The van der Waals surface area contributed by atoms with Crippen molar-refractivity contribution in [2.75, 3.05) is 13.2 Å². The number of hydrogen-bond acceptors (Lipinski definition) is 6. The quantitative estimate of drug-likeness (QED) is 0.0261. The number of carbonyl (C=O) groups excluding carboxylic acids is 3. The summed E-state index contributed by atoms with van der Waals surface area (Å²) >= 11 is 0. The van der Waals surface area contributed by atoms with Gasteiger partial charge in [0.1, 0.15) is 13.2 Å². The molecule has 6 nitrogen and oxygen atoms in total. The Balaban J connectivity index is 4.17. The molecular weight excluding hydrogens is 997 g/mol. The van der Waals surface area contributed by atoms with Crippen molar-refractivity contribution in [2.24, 2.45) is 0 Å². The highest BCUT2D eigenvalue weighted by Crippen LogP contribution is 2.18. The molecule has 0 radical (unpaired) electrons. The third-order valence-corrected chi connectivity index (χ3v) is 15.9. The molecule has 0 aromatic rings. The predicted molar refractivity (Wildman–Crippen MR) is 353 cm³/mol. The molecule has 0 saturated heterocycles. The van der Waals surface area contributed by atoms with E-state index in [1.807, 2.05) is 0 Å². The van der Waals surface area contributed by atoms with Crippen LogP contribution in [0.1, 0.15) is 380 Å². The van der Waals surface area contributed by atoms with Gasteiger partial charge >= 0.3 is 17.9 Å². The van der Waals surface area contributed by atoms with Crippen LogP contribution in [-0.2, 0) is 28.6 Å². The van der Waals surface area contributed by atoms with E-state index in [4.69, 9.17) is 14.2 Å². The molecule has 472 valence electrons. The van der Waals surface area contributed by atoms with E-state index in [1.54, 1.807) is 0 Å². The van der Waals surface area contributed by atoms with E-state index < -0.39 is 6.10 Å². The first-order valence-corrected chi connectivity index (χ1v) is 35.8. The molecule has 0 rings (SSSR count). The Labute approximate surface area is 504 Å². The van der Waals surface area contributed by atoms with E-state index in [9.17, 15) is 14.4 Å². The number of rotatable bonds is 66. The molecule has 0 N–H and O–H groups in total. The summed E-state index contributed by atoms with van der Waals surface area (Å²) in [6, 6.07) is 0. The summed E-state index contributed by atoms with van der Waals surface area (Å²) in [5.74, 6) is -0.870. The van der Waals surface area contributed by atoms with E-state index in [0.717, 1.165) is 89.9 Å². The highest BCUT2D eigenvalue weighted by atomic mass is 16.6. The van der Waals surface area contributed by atoms with Crippen molar-refractivity contribution in [1.82, 2.24) is 0 Å². The third-order valence-electron chi connectivity index (χ3n) is 15.9. The van der Waals surface area contributed by atoms with Crippen molar-refractivity contribution < 1.29 is 28.6 Å². The first kappa shape index (κ1) is 78.1. The Bertz CT molecular complexity index is 1440. The van der Waals surface area contributed by atoms with Crippen molar-refractivity contribution in [3.05, 3.63) is 60.8 Å². The molecule has 0 aliphatic heterocycles. The summed E-state index contributed by atoms with van der Waals surface area (Å²) in [4.78, 5) is 38.4. The summed E-state index contributed by atoms with van der Waals surface area (Å²) in [5.41, 5.74) is 0. The second-order valence-electron chi connectivity index (χ2n) is 24.1. The van der Waals surface area contributed by atoms with Gasteiger partial charge in [0.2, 0.25) is 0 Å². The minimum Gasteiger partial charge on any atom is -0.462 e. The molecule has 6 heteroatoms. The van der Waals surface area contributed by atoms with Crippen LogP contribution in [0.25, 0.3) is 0 Å². The topological polar surface area (TPSA) is 78.9 Å². The Morgan fingerprint density at radius 1 is 0.247 bits per heavy atom. The molecule has 1 unspecified atom stereocenters. The lowest BCUT2D eigenvalue weighted by molar-refractivity contribution is -0.167. The van der Waals surface area contributed by atoms with Gasteiger partial charge in [-0.25, -0.2) is 0 Å². The number of carbonyl (C=O) groups is 3. The second-order valence-corrected chi connectivity index (χ2v) is 24.1. The molecule has 0 aliphatic rings. The molecule has 0 saturated carbocycles. The van der Waals surface area contributed by atoms with Gasteiger partial charge in [-0.05, 0) is 103 Å². The molecular formula is C75H136O6. The number of esters is 3. The highest BCUT2D eigenvalue weighted by Gasteiger charge is 2.19. The zero-order chi connectivity index (χ0) is 58.5. The van der Waals surface area contributed by atoms with Gasteiger partial charge in [-0.3, -0.25) is 14.4 Å². The van der Waals surface area contributed by atoms with Crippen LogP contribution in [0.3, 0.4) is 0 Å². The van der Waals surface area contributed by atoms with Gasteiger partial charge in [0, 0.05) is 19.3 Å². The summed E-state index contributed by atoms with van der Waals surface area (Å²) < 4.78 is 17.0. The smallest absolute Gasteiger partial charge is 0.306 e. The lowest BCUT2D eigenvalue weighted by atomic mass is 10.0. The number of hydrogen-bond donors (Lipinski definition) is 0. The summed E-state index contributed by atoms with van der Waals surface area (Å²) in [7, 11) is 0. The van der Waals surface area contributed by atoms with E-state index in [-0.39, 0.29) is 31.1 Å². The van der Waals surface area contributed by atoms with Crippen LogP contribution < -0.4 is 0 Å². The molecule has 0 aromatic heterocycles. The van der Waals surface area contributed by atoms with Gasteiger partial charge in [0.05, 0.1) is 0 Å². The van der Waals surface area contributed by atoms with Crippen LogP contribution in [0.15, 0.2) is 60.8 Å². The highest BCUT2D eigenvalue weighted by molar-refractivity contribution is 5.71. The summed E-state index contributed by atoms with van der Waals surface area (Å²) in [6.45, 7) is 6.60. The van der Waals surface area contributed by atoms with Gasteiger partial charge in [0.15, 0.2) is 6.10 Å². The van der Waals surface area contributed by atoms with E-state index in [2.05, 4.69) is 81.5 Å². The van der Waals surface area contributed by atoms with Crippen molar-refractivity contribution in [1.29, 1.82) is 0 Å². The standard InChI is InChI=1S/C75H136O6/c1-4-7-10-13-16-19-22-25-27-29-31-32-33-34-35-36-37-38-39-40-41-42-44-45-47-50-53-56-59-62-65-68-74(77)80-71-72(70-79-73(76)67-64-61-58-55-52-49-24-21-18-15-12-9-6-3)81-75(78)69-66-63-60-57-54-51-48-46-43-30-28-26-23-20-17-14-11-8-5-2/h12,15,21-22,24-26,28-29,31,72H,4-11,13-14,16-20,23,27,30,32-71H2,1-3H3/b15-12-,24-21-,25-22-,28-26-,31-29-. The molecule has 0 amide bonds. The van der Waals surface area contributed by atoms with Gasteiger partial charge in [-0.15, -0.1) is 0 Å². The van der Waals surface area contributed by atoms with Gasteiger partial charge in [0.25, 0.3) is 0 Å². The average Bonchev–Trinajstić information content (AvgIpc) is 3.46. The molecule has 81 heavy (non-hydrogen) atoms. The molecule has 0 aromatic carbocycles. The van der Waals surface area contributed by atoms with Gasteiger partial charge in [-0.1, -0.05) is 319 Å². The fraction of sp³-hybridized carbons (Fsp3) is 0.827. The minimum absolute atomic E-state index is 0.0758. The van der Waals surface area contributed by atoms with Crippen molar-refractivity contribution in [3.8, 4) is 0 Å². The van der Waals surface area contributed by atoms with Crippen LogP contribution in [0, 0.1) is 0 Å². The maximum atomic E-state index is 12.9. The monoisotopic (exact) mass is 1130 g/mol. The predicted octanol–water partition coefficient (Wildman–Crippen LogP) is 24.7. The zero-order valence-corrected chi connectivity index (χ0v) is 54.3. The molecule has 0 bridgehead atoms. The van der Waals surface area contributed by atoms with Crippen molar-refractivity contribution in [2.45, 2.75) is 386 Å². The first-order chi connectivity index (χ1) is 40.0. The maximum absolute atomic E-state index is 12.9. The number of unbranched alkanes of at least 4 members (excludes halogenated alkanes) is 45. The first-order valence-electron chi connectivity index (χ1n) is 35.8. The molecule has 0 heterocycles. The average molecular weight is 1130 g/mol. The van der Waals surface area contributed by atoms with Crippen molar-refractivity contribution >= 4 is 17.9 Å². The number of ether oxygens (including phenoxy) is 3. The minimum atomic E-state index is -0.781. The SMILES string of the molecule is CCC/C=C\C/C=C\CCCCCCCC(=O)OCC(COC(=O)CCCCCCCCCCCCCCCCCCCCC/C=C\C/C=C\CCCCCCC)OC(=O)CCCCCCCCCCC/C=C\CCCCCCCC. The van der Waals surface area contributed by atoms with Crippen LogP contribution in [-0.4, -0.2) is 37.2 Å². The largest absolute Gasteiger partial charge is 0.462 e. The fourth-order valence-electron chi connectivity index (χ4n) is 10.6. The summed E-state index contributed by atoms with van der Waals surface area (Å²) in [6.07, 6.45) is 89.7. The Morgan fingerprint density at radius 3 is 0.741 bits per heavy atom. The molecule has 0 fully saturated rings. The zero-order valence-electron chi connectivity index (χ0n) is 54.3. The van der Waals surface area contributed by atoms with Gasteiger partial charge < -0.3 is 14.2 Å². The van der Waals surface area contributed by atoms with Crippen molar-refractivity contribution in [3.63, 3.8) is 0 Å². The van der Waals surface area contributed by atoms with E-state index in [1.165, 1.54) is 250 Å². The molecule has 0 spiro atoms. The second kappa shape index (κ2) is 69.6. The van der Waals surface area contributed by atoms with Crippen LogP contribution >= 0.6 is 0 Å². The third kappa shape index (κ3) is 67.8. The van der Waals surface area contributed by atoms with Crippen LogP contribution in [0.5, 0.6) is 0 Å². The molecule has 1 atom stereocenters. The summed E-state index contributed by atoms with van der Waals surface area (Å²) in [5, 5.41) is 0. The van der Waals surface area contributed by atoms with Crippen LogP contribution in [0.4, 0.5) is 0 Å². The number of allylic oxidation sites excluding steroid dienone is 10. The van der Waals surface area contributed by atoms with Gasteiger partial charge in [-0.2, -0.15) is 0 Å². The normalized spacial score (nSPS) is 12.4. The van der Waals surface area contributed by atoms with E-state index in [0.29, 0.717) is 19.3 Å². The Kier molecular flexibility index (Phi) is 67.1. The molecule has 0 aliphatic carbocycles. The van der Waals surface area contributed by atoms with E-state index >= 15 is 0 Å². The van der Waals surface area contributed by atoms with Crippen LogP contribution in [0.2, 0.25) is 0 Å². The maximum Gasteiger partial charge on any atom is 0.306 e.